The lowest BCUT2D eigenvalue weighted by atomic mass is 10.1. The number of rotatable bonds is 4. The van der Waals surface area contributed by atoms with Gasteiger partial charge in [-0.25, -0.2) is 4.39 Å². The zero-order chi connectivity index (χ0) is 14.0. The molecule has 0 amide bonds. The number of aromatic nitrogens is 2. The summed E-state index contributed by atoms with van der Waals surface area (Å²) in [6.07, 6.45) is 1.32. The summed E-state index contributed by atoms with van der Waals surface area (Å²) in [7, 11) is 0. The van der Waals surface area contributed by atoms with Crippen LogP contribution in [0.5, 0.6) is 0 Å². The first kappa shape index (κ1) is 14.7. The second kappa shape index (κ2) is 6.16. The molecule has 2 rings (SSSR count). The molecule has 102 valence electrons. The van der Waals surface area contributed by atoms with Gasteiger partial charge >= 0.3 is 0 Å². The van der Waals surface area contributed by atoms with E-state index in [4.69, 9.17) is 23.2 Å². The molecule has 1 aromatic carbocycles. The van der Waals surface area contributed by atoms with Crippen molar-refractivity contribution >= 4 is 34.5 Å². The molecule has 1 heterocycles. The van der Waals surface area contributed by atoms with Gasteiger partial charge in [-0.15, -0.1) is 21.5 Å². The first-order valence-corrected chi connectivity index (χ1v) is 7.54. The average Bonchev–Trinajstić information content (AvgIpc) is 2.87. The summed E-state index contributed by atoms with van der Waals surface area (Å²) in [6, 6.07) is 3.05. The van der Waals surface area contributed by atoms with E-state index in [9.17, 15) is 4.39 Å². The highest BCUT2D eigenvalue weighted by Crippen LogP contribution is 2.29. The van der Waals surface area contributed by atoms with Crippen LogP contribution in [-0.2, 0) is 6.42 Å². The van der Waals surface area contributed by atoms with E-state index in [-0.39, 0.29) is 5.02 Å². The van der Waals surface area contributed by atoms with Crippen LogP contribution in [-0.4, -0.2) is 10.2 Å². The minimum Gasteiger partial charge on any atom is -0.205 e. The van der Waals surface area contributed by atoms with Crippen LogP contribution in [0, 0.1) is 5.82 Å². The first-order chi connectivity index (χ1) is 9.02. The SMILES string of the molecule is CCC(C)c1nnc(Cc2c(Cl)ccc(Cl)c2F)s1. The van der Waals surface area contributed by atoms with Crippen molar-refractivity contribution in [2.45, 2.75) is 32.6 Å². The van der Waals surface area contributed by atoms with Crippen LogP contribution in [0.15, 0.2) is 12.1 Å². The minimum atomic E-state index is -0.477. The fraction of sp³-hybridized carbons (Fsp3) is 0.385. The predicted molar refractivity (Wildman–Crippen MR) is 77.8 cm³/mol. The van der Waals surface area contributed by atoms with Gasteiger partial charge in [-0.05, 0) is 18.6 Å². The summed E-state index contributed by atoms with van der Waals surface area (Å²) < 4.78 is 13.9. The molecule has 6 heteroatoms. The van der Waals surface area contributed by atoms with E-state index in [1.54, 1.807) is 6.07 Å². The number of hydrogen-bond acceptors (Lipinski definition) is 3. The standard InChI is InChI=1S/C13H13Cl2FN2S/c1-3-7(2)13-18-17-11(19-13)6-8-9(14)4-5-10(15)12(8)16/h4-5,7H,3,6H2,1-2H3. The second-order valence-electron chi connectivity index (χ2n) is 4.34. The molecular weight excluding hydrogens is 306 g/mol. The van der Waals surface area contributed by atoms with E-state index >= 15 is 0 Å². The van der Waals surface area contributed by atoms with Gasteiger partial charge in [-0.1, -0.05) is 37.0 Å². The zero-order valence-corrected chi connectivity index (χ0v) is 12.9. The molecule has 0 radical (unpaired) electrons. The summed E-state index contributed by atoms with van der Waals surface area (Å²) in [5.41, 5.74) is 0.376. The van der Waals surface area contributed by atoms with Crippen LogP contribution in [0.25, 0.3) is 0 Å². The molecule has 1 unspecified atom stereocenters. The second-order valence-corrected chi connectivity index (χ2v) is 6.25. The third kappa shape index (κ3) is 3.25. The van der Waals surface area contributed by atoms with Crippen molar-refractivity contribution in [3.63, 3.8) is 0 Å². The van der Waals surface area contributed by atoms with Gasteiger partial charge in [-0.3, -0.25) is 0 Å². The highest BCUT2D eigenvalue weighted by Gasteiger charge is 2.16. The summed E-state index contributed by atoms with van der Waals surface area (Å²) >= 11 is 13.3. The normalized spacial score (nSPS) is 12.7. The molecule has 0 spiro atoms. The zero-order valence-electron chi connectivity index (χ0n) is 10.6. The first-order valence-electron chi connectivity index (χ1n) is 5.97. The quantitative estimate of drug-likeness (QED) is 0.734. The maximum absolute atomic E-state index is 13.9. The Morgan fingerprint density at radius 2 is 1.95 bits per heavy atom. The van der Waals surface area contributed by atoms with Crippen molar-refractivity contribution in [1.29, 1.82) is 0 Å². The van der Waals surface area contributed by atoms with Crippen molar-refractivity contribution in [3.8, 4) is 0 Å². The molecular formula is C13H13Cl2FN2S. The Bertz CT molecular complexity index is 586. The Morgan fingerprint density at radius 3 is 2.63 bits per heavy atom. The van der Waals surface area contributed by atoms with Gasteiger partial charge in [0, 0.05) is 22.9 Å². The largest absolute Gasteiger partial charge is 0.205 e. The Balaban J connectivity index is 2.27. The van der Waals surface area contributed by atoms with Gasteiger partial charge < -0.3 is 0 Å². The lowest BCUT2D eigenvalue weighted by Crippen LogP contribution is -1.94. The molecule has 0 saturated carbocycles. The molecule has 1 atom stereocenters. The van der Waals surface area contributed by atoms with Crippen LogP contribution in [0.3, 0.4) is 0 Å². The third-order valence-corrected chi connectivity index (χ3v) is 4.78. The Labute approximate surface area is 125 Å². The van der Waals surface area contributed by atoms with E-state index in [0.29, 0.717) is 22.9 Å². The molecule has 2 aromatic rings. The van der Waals surface area contributed by atoms with Crippen LogP contribution in [0.2, 0.25) is 10.0 Å². The molecule has 0 aliphatic rings. The molecule has 0 fully saturated rings. The Morgan fingerprint density at radius 1 is 1.26 bits per heavy atom. The number of nitrogens with zero attached hydrogens (tertiary/aromatic N) is 2. The van der Waals surface area contributed by atoms with E-state index in [1.165, 1.54) is 17.4 Å². The van der Waals surface area contributed by atoms with Gasteiger partial charge in [0.25, 0.3) is 0 Å². The summed E-state index contributed by atoms with van der Waals surface area (Å²) in [5, 5.41) is 10.4. The molecule has 0 aliphatic heterocycles. The summed E-state index contributed by atoms with van der Waals surface area (Å²) in [6.45, 7) is 4.19. The Hall–Kier alpha value is -0.710. The topological polar surface area (TPSA) is 25.8 Å². The van der Waals surface area contributed by atoms with Gasteiger partial charge in [0.1, 0.15) is 15.8 Å². The van der Waals surface area contributed by atoms with Crippen molar-refractivity contribution in [2.75, 3.05) is 0 Å². The molecule has 0 aliphatic carbocycles. The van der Waals surface area contributed by atoms with Gasteiger partial charge in [0.15, 0.2) is 0 Å². The summed E-state index contributed by atoms with van der Waals surface area (Å²) in [4.78, 5) is 0. The van der Waals surface area contributed by atoms with E-state index < -0.39 is 5.82 Å². The maximum Gasteiger partial charge on any atom is 0.146 e. The highest BCUT2D eigenvalue weighted by atomic mass is 35.5. The van der Waals surface area contributed by atoms with Crippen LogP contribution < -0.4 is 0 Å². The number of hydrogen-bond donors (Lipinski definition) is 0. The minimum absolute atomic E-state index is 0.0751. The maximum atomic E-state index is 13.9. The van der Waals surface area contributed by atoms with Crippen LogP contribution >= 0.6 is 34.5 Å². The molecule has 0 saturated heterocycles. The fourth-order valence-corrected chi connectivity index (χ4v) is 2.97. The molecule has 0 bridgehead atoms. The van der Waals surface area contributed by atoms with Crippen molar-refractivity contribution in [3.05, 3.63) is 43.6 Å². The van der Waals surface area contributed by atoms with Gasteiger partial charge in [-0.2, -0.15) is 0 Å². The van der Waals surface area contributed by atoms with E-state index in [2.05, 4.69) is 24.0 Å². The highest BCUT2D eigenvalue weighted by molar-refractivity contribution is 7.11. The molecule has 2 nitrogen and oxygen atoms in total. The fourth-order valence-electron chi connectivity index (χ4n) is 1.59. The van der Waals surface area contributed by atoms with Crippen molar-refractivity contribution in [1.82, 2.24) is 10.2 Å². The number of halogens is 3. The lowest BCUT2D eigenvalue weighted by Gasteiger charge is -2.05. The summed E-state index contributed by atoms with van der Waals surface area (Å²) in [5.74, 6) is -0.111. The monoisotopic (exact) mass is 318 g/mol. The van der Waals surface area contributed by atoms with Gasteiger partial charge in [0.05, 0.1) is 5.02 Å². The predicted octanol–water partition coefficient (Wildman–Crippen LogP) is 5.09. The van der Waals surface area contributed by atoms with Crippen molar-refractivity contribution < 1.29 is 4.39 Å². The van der Waals surface area contributed by atoms with E-state index in [0.717, 1.165) is 16.4 Å². The lowest BCUT2D eigenvalue weighted by molar-refractivity contribution is 0.614. The molecule has 19 heavy (non-hydrogen) atoms. The number of benzene rings is 1. The third-order valence-electron chi connectivity index (χ3n) is 2.98. The van der Waals surface area contributed by atoms with Crippen LogP contribution in [0.4, 0.5) is 4.39 Å². The Kier molecular flexibility index (Phi) is 4.76. The molecule has 0 N–H and O–H groups in total. The molecule has 1 aromatic heterocycles. The van der Waals surface area contributed by atoms with Crippen LogP contribution in [0.1, 0.15) is 41.8 Å². The average molecular weight is 319 g/mol. The van der Waals surface area contributed by atoms with E-state index in [1.807, 2.05) is 0 Å². The van der Waals surface area contributed by atoms with Gasteiger partial charge in [0.2, 0.25) is 0 Å². The smallest absolute Gasteiger partial charge is 0.146 e. The van der Waals surface area contributed by atoms with Crippen molar-refractivity contribution in [2.24, 2.45) is 0 Å².